The second-order valence-corrected chi connectivity index (χ2v) is 5.18. The molecule has 4 nitrogen and oxygen atoms in total. The van der Waals surface area contributed by atoms with Gasteiger partial charge in [0.1, 0.15) is 5.82 Å². The molecule has 0 radical (unpaired) electrons. The van der Waals surface area contributed by atoms with Gasteiger partial charge < -0.3 is 15.2 Å². The Morgan fingerprint density at radius 1 is 1.58 bits per heavy atom. The Hall–Kier alpha value is -1.66. The molecule has 2 aromatic rings. The topological polar surface area (TPSA) is 65.0 Å². The molecule has 0 bridgehead atoms. The number of benzene rings is 1. The number of carbonyl (C=O) groups is 1. The average Bonchev–Trinajstić information content (AvgIpc) is 2.70. The van der Waals surface area contributed by atoms with E-state index >= 15 is 0 Å². The fraction of sp³-hybridized carbons (Fsp3) is 0.167. The number of thiazole rings is 1. The Labute approximate surface area is 117 Å². The van der Waals surface area contributed by atoms with E-state index in [9.17, 15) is 14.3 Å². The van der Waals surface area contributed by atoms with Crippen molar-refractivity contribution in [3.8, 4) is 0 Å². The number of nitrogens with zero attached hydrogens (tertiary/aromatic N) is 1. The lowest BCUT2D eigenvalue weighted by molar-refractivity contribution is -0.254. The number of hydrogen-bond acceptors (Lipinski definition) is 5. The Morgan fingerprint density at radius 3 is 2.89 bits per heavy atom. The molecular formula is C12H9ClFN2O2S-. The molecule has 0 saturated carbocycles. The molecule has 100 valence electrons. The maximum Gasteiger partial charge on any atom is 0.183 e. The first-order valence-corrected chi connectivity index (χ1v) is 6.54. The predicted octanol–water partition coefficient (Wildman–Crippen LogP) is 2.22. The molecule has 1 aromatic carbocycles. The number of carboxylic acid groups (broad SMARTS) is 1. The summed E-state index contributed by atoms with van der Waals surface area (Å²) in [6.45, 7) is 1.70. The van der Waals surface area contributed by atoms with Gasteiger partial charge in [0.25, 0.3) is 0 Å². The van der Waals surface area contributed by atoms with Gasteiger partial charge in [0.2, 0.25) is 0 Å². The Bertz CT molecular complexity index is 610. The smallest absolute Gasteiger partial charge is 0.183 e. The monoisotopic (exact) mass is 299 g/mol. The highest BCUT2D eigenvalue weighted by Crippen LogP contribution is 2.24. The molecule has 0 aliphatic rings. The van der Waals surface area contributed by atoms with Crippen LogP contribution in [0, 0.1) is 12.7 Å². The van der Waals surface area contributed by atoms with Gasteiger partial charge in [-0.15, -0.1) is 0 Å². The van der Waals surface area contributed by atoms with E-state index in [-0.39, 0.29) is 11.4 Å². The maximum atomic E-state index is 13.5. The van der Waals surface area contributed by atoms with E-state index in [0.717, 1.165) is 11.3 Å². The van der Waals surface area contributed by atoms with E-state index < -0.39 is 11.8 Å². The van der Waals surface area contributed by atoms with E-state index in [1.54, 1.807) is 13.0 Å². The number of anilines is 1. The van der Waals surface area contributed by atoms with Gasteiger partial charge in [-0.05, 0) is 19.1 Å². The van der Waals surface area contributed by atoms with Gasteiger partial charge in [-0.25, -0.2) is 9.37 Å². The summed E-state index contributed by atoms with van der Waals surface area (Å²) in [5, 5.41) is 14.3. The van der Waals surface area contributed by atoms with E-state index in [1.165, 1.54) is 12.1 Å². The first kappa shape index (κ1) is 13.8. The molecule has 0 aliphatic heterocycles. The third kappa shape index (κ3) is 3.02. The van der Waals surface area contributed by atoms with Crippen LogP contribution in [0.4, 0.5) is 9.52 Å². The van der Waals surface area contributed by atoms with Crippen molar-refractivity contribution in [1.82, 2.24) is 4.98 Å². The number of carbonyl (C=O) groups excluding carboxylic acids is 1. The lowest BCUT2D eigenvalue weighted by Crippen LogP contribution is -2.21. The fourth-order valence-electron chi connectivity index (χ4n) is 1.53. The van der Waals surface area contributed by atoms with Gasteiger partial charge in [-0.2, -0.15) is 0 Å². The normalized spacial score (nSPS) is 10.5. The van der Waals surface area contributed by atoms with Gasteiger partial charge in [0.15, 0.2) is 5.13 Å². The highest BCUT2D eigenvalue weighted by Gasteiger charge is 2.10. The first-order valence-electron chi connectivity index (χ1n) is 5.34. The molecule has 0 aliphatic carbocycles. The maximum absolute atomic E-state index is 13.5. The van der Waals surface area contributed by atoms with Gasteiger partial charge in [0.05, 0.1) is 16.5 Å². The molecule has 19 heavy (non-hydrogen) atoms. The fourth-order valence-corrected chi connectivity index (χ4v) is 2.55. The molecule has 0 unspecified atom stereocenters. The van der Waals surface area contributed by atoms with Crippen LogP contribution in [0.1, 0.15) is 20.9 Å². The summed E-state index contributed by atoms with van der Waals surface area (Å²) in [6, 6.07) is 4.41. The van der Waals surface area contributed by atoms with Crippen LogP contribution in [-0.2, 0) is 6.54 Å². The Kier molecular flexibility index (Phi) is 4.01. The summed E-state index contributed by atoms with van der Waals surface area (Å²) in [4.78, 5) is 14.9. The SMILES string of the molecule is Cc1nc(NCc2c(F)cccc2Cl)sc1C(=O)[O-]. The summed E-state index contributed by atoms with van der Waals surface area (Å²) < 4.78 is 13.5. The van der Waals surface area contributed by atoms with Crippen LogP contribution in [0.5, 0.6) is 0 Å². The zero-order valence-corrected chi connectivity index (χ0v) is 11.4. The summed E-state index contributed by atoms with van der Waals surface area (Å²) >= 11 is 6.83. The summed E-state index contributed by atoms with van der Waals surface area (Å²) in [6.07, 6.45) is 0. The summed E-state index contributed by atoms with van der Waals surface area (Å²) in [5.41, 5.74) is 0.680. The average molecular weight is 300 g/mol. The molecule has 1 heterocycles. The number of aryl methyl sites for hydroxylation is 1. The second kappa shape index (κ2) is 5.54. The van der Waals surface area contributed by atoms with Crippen molar-refractivity contribution in [2.75, 3.05) is 5.32 Å². The van der Waals surface area contributed by atoms with Crippen LogP contribution >= 0.6 is 22.9 Å². The van der Waals surface area contributed by atoms with Gasteiger partial charge >= 0.3 is 0 Å². The molecule has 0 fully saturated rings. The number of halogens is 2. The van der Waals surface area contributed by atoms with E-state index in [0.29, 0.717) is 21.4 Å². The van der Waals surface area contributed by atoms with Crippen molar-refractivity contribution in [1.29, 1.82) is 0 Å². The molecular weight excluding hydrogens is 291 g/mol. The molecule has 0 amide bonds. The number of carboxylic acids is 1. The highest BCUT2D eigenvalue weighted by molar-refractivity contribution is 7.17. The van der Waals surface area contributed by atoms with Crippen molar-refractivity contribution in [2.45, 2.75) is 13.5 Å². The minimum absolute atomic E-state index is 0.0575. The Balaban J connectivity index is 2.15. The zero-order chi connectivity index (χ0) is 14.0. The zero-order valence-electron chi connectivity index (χ0n) is 9.87. The van der Waals surface area contributed by atoms with Crippen molar-refractivity contribution in [3.63, 3.8) is 0 Å². The van der Waals surface area contributed by atoms with E-state index in [1.807, 2.05) is 0 Å². The van der Waals surface area contributed by atoms with Crippen LogP contribution in [-0.4, -0.2) is 11.0 Å². The molecule has 7 heteroatoms. The number of nitrogens with one attached hydrogen (secondary N) is 1. The minimum atomic E-state index is -1.27. The van der Waals surface area contributed by atoms with Crippen molar-refractivity contribution in [2.24, 2.45) is 0 Å². The van der Waals surface area contributed by atoms with Crippen LogP contribution in [0.2, 0.25) is 5.02 Å². The summed E-state index contributed by atoms with van der Waals surface area (Å²) in [7, 11) is 0. The van der Waals surface area contributed by atoms with Gasteiger partial charge in [-0.3, -0.25) is 0 Å². The van der Waals surface area contributed by atoms with Gasteiger partial charge in [-0.1, -0.05) is 29.0 Å². The molecule has 1 aromatic heterocycles. The molecule has 0 atom stereocenters. The highest BCUT2D eigenvalue weighted by atomic mass is 35.5. The standard InChI is InChI=1S/C12H10ClFN2O2S/c1-6-10(11(17)18)19-12(16-6)15-5-7-8(13)3-2-4-9(7)14/h2-4H,5H2,1H3,(H,15,16)(H,17,18)/p-1. The second-order valence-electron chi connectivity index (χ2n) is 3.77. The lowest BCUT2D eigenvalue weighted by Gasteiger charge is -2.06. The summed E-state index contributed by atoms with van der Waals surface area (Å²) in [5.74, 6) is -1.69. The quantitative estimate of drug-likeness (QED) is 0.940. The number of aromatic nitrogens is 1. The van der Waals surface area contributed by atoms with Crippen molar-refractivity contribution >= 4 is 34.0 Å². The Morgan fingerprint density at radius 2 is 2.32 bits per heavy atom. The predicted molar refractivity (Wildman–Crippen MR) is 69.9 cm³/mol. The van der Waals surface area contributed by atoms with Gasteiger partial charge in [0, 0.05) is 17.1 Å². The van der Waals surface area contributed by atoms with Crippen LogP contribution in [0.25, 0.3) is 0 Å². The minimum Gasteiger partial charge on any atom is -0.544 e. The largest absolute Gasteiger partial charge is 0.544 e. The van der Waals surface area contributed by atoms with Crippen LogP contribution in [0.3, 0.4) is 0 Å². The first-order chi connectivity index (χ1) is 8.99. The molecule has 2 rings (SSSR count). The van der Waals surface area contributed by atoms with E-state index in [4.69, 9.17) is 11.6 Å². The van der Waals surface area contributed by atoms with Crippen molar-refractivity contribution < 1.29 is 14.3 Å². The third-order valence-corrected chi connectivity index (χ3v) is 3.91. The van der Waals surface area contributed by atoms with Crippen LogP contribution < -0.4 is 10.4 Å². The number of rotatable bonds is 4. The third-order valence-electron chi connectivity index (χ3n) is 2.46. The van der Waals surface area contributed by atoms with Crippen molar-refractivity contribution in [3.05, 3.63) is 45.2 Å². The van der Waals surface area contributed by atoms with E-state index in [2.05, 4.69) is 10.3 Å². The molecule has 0 spiro atoms. The molecule has 0 saturated heterocycles. The number of hydrogen-bond donors (Lipinski definition) is 1. The lowest BCUT2D eigenvalue weighted by atomic mass is 10.2. The van der Waals surface area contributed by atoms with Crippen LogP contribution in [0.15, 0.2) is 18.2 Å². The number of aromatic carboxylic acids is 1. The molecule has 1 N–H and O–H groups in total.